The molecule has 1 fully saturated rings. The Balaban J connectivity index is 1.51. The Morgan fingerprint density at radius 2 is 1.88 bits per heavy atom. The fourth-order valence-corrected chi connectivity index (χ4v) is 4.70. The second-order valence-corrected chi connectivity index (χ2v) is 8.00. The molecule has 4 rings (SSSR count). The van der Waals surface area contributed by atoms with Gasteiger partial charge in [-0.25, -0.2) is 4.98 Å². The number of carbonyl (C=O) groups excluding carboxylic acids is 1. The Bertz CT molecular complexity index is 929. The molecule has 0 saturated carbocycles. The molecule has 1 amide bonds. The van der Waals surface area contributed by atoms with Gasteiger partial charge in [-0.1, -0.05) is 29.0 Å². The molecule has 1 aliphatic rings. The molecule has 136 valence electrons. The van der Waals surface area contributed by atoms with Crippen LogP contribution in [0.4, 0.5) is 5.13 Å². The molecule has 1 saturated heterocycles. The Morgan fingerprint density at radius 3 is 2.50 bits per heavy atom. The lowest BCUT2D eigenvalue weighted by Gasteiger charge is -2.34. The summed E-state index contributed by atoms with van der Waals surface area (Å²) in [4.78, 5) is 21.7. The molecule has 0 N–H and O–H groups in total. The first-order valence-electron chi connectivity index (χ1n) is 8.54. The van der Waals surface area contributed by atoms with Crippen LogP contribution in [0.5, 0.6) is 0 Å². The van der Waals surface area contributed by atoms with Gasteiger partial charge in [0.1, 0.15) is 5.69 Å². The maximum atomic E-state index is 12.8. The predicted octanol–water partition coefficient (Wildman–Crippen LogP) is 3.26. The van der Waals surface area contributed by atoms with Gasteiger partial charge in [0, 0.05) is 33.2 Å². The van der Waals surface area contributed by atoms with Crippen LogP contribution >= 0.6 is 22.9 Å². The van der Waals surface area contributed by atoms with E-state index in [-0.39, 0.29) is 5.91 Å². The average molecular weight is 390 g/mol. The number of fused-ring (bicyclic) bond motifs is 1. The smallest absolute Gasteiger partial charge is 0.272 e. The third kappa shape index (κ3) is 2.85. The Labute approximate surface area is 161 Å². The van der Waals surface area contributed by atoms with Gasteiger partial charge in [-0.2, -0.15) is 5.10 Å². The molecule has 2 aromatic heterocycles. The first-order valence-corrected chi connectivity index (χ1v) is 9.73. The number of anilines is 1. The number of aryl methyl sites for hydroxylation is 3. The maximum Gasteiger partial charge on any atom is 0.272 e. The highest BCUT2D eigenvalue weighted by molar-refractivity contribution is 7.22. The number of amides is 1. The highest BCUT2D eigenvalue weighted by Gasteiger charge is 2.26. The van der Waals surface area contributed by atoms with Crippen LogP contribution in [0.1, 0.15) is 21.6 Å². The van der Waals surface area contributed by atoms with Crippen molar-refractivity contribution in [1.29, 1.82) is 0 Å². The second-order valence-electron chi connectivity index (χ2n) is 6.62. The number of rotatable bonds is 2. The molecule has 1 aromatic carbocycles. The monoisotopic (exact) mass is 389 g/mol. The van der Waals surface area contributed by atoms with Gasteiger partial charge < -0.3 is 9.80 Å². The lowest BCUT2D eigenvalue weighted by molar-refractivity contribution is 0.0735. The third-order valence-electron chi connectivity index (χ3n) is 4.85. The SMILES string of the molecule is Cc1cnn(C)c1C(=O)N1CCN(c2nc3c(C)ccc(Cl)c3s2)CC1. The minimum atomic E-state index is 0.0466. The Hall–Kier alpha value is -2.12. The summed E-state index contributed by atoms with van der Waals surface area (Å²) in [6.07, 6.45) is 1.73. The third-order valence-corrected chi connectivity index (χ3v) is 6.42. The standard InChI is InChI=1S/C18H20ClN5OS/c1-11-4-5-13(19)16-14(11)21-18(26-16)24-8-6-23(7-9-24)17(25)15-12(2)10-20-22(15)3/h4-5,10H,6-9H2,1-3H3. The van der Waals surface area contributed by atoms with Crippen molar-refractivity contribution in [2.75, 3.05) is 31.1 Å². The molecule has 0 bridgehead atoms. The van der Waals surface area contributed by atoms with Gasteiger partial charge in [-0.15, -0.1) is 0 Å². The zero-order valence-electron chi connectivity index (χ0n) is 15.0. The molecule has 8 heteroatoms. The summed E-state index contributed by atoms with van der Waals surface area (Å²) < 4.78 is 2.69. The normalized spacial score (nSPS) is 15.1. The van der Waals surface area contributed by atoms with Crippen molar-refractivity contribution >= 4 is 44.2 Å². The van der Waals surface area contributed by atoms with E-state index >= 15 is 0 Å². The van der Waals surface area contributed by atoms with Crippen LogP contribution < -0.4 is 4.90 Å². The number of piperazine rings is 1. The van der Waals surface area contributed by atoms with E-state index in [4.69, 9.17) is 16.6 Å². The largest absolute Gasteiger partial charge is 0.345 e. The van der Waals surface area contributed by atoms with Crippen molar-refractivity contribution in [2.24, 2.45) is 7.05 Å². The number of benzene rings is 1. The summed E-state index contributed by atoms with van der Waals surface area (Å²) in [5, 5.41) is 5.89. The quantitative estimate of drug-likeness (QED) is 0.675. The average Bonchev–Trinajstić information content (AvgIpc) is 3.23. The maximum absolute atomic E-state index is 12.8. The van der Waals surface area contributed by atoms with Crippen molar-refractivity contribution in [3.8, 4) is 0 Å². The summed E-state index contributed by atoms with van der Waals surface area (Å²) >= 11 is 7.95. The molecule has 26 heavy (non-hydrogen) atoms. The summed E-state index contributed by atoms with van der Waals surface area (Å²) in [6, 6.07) is 3.93. The van der Waals surface area contributed by atoms with Crippen LogP contribution in [0, 0.1) is 13.8 Å². The van der Waals surface area contributed by atoms with Crippen molar-refractivity contribution in [1.82, 2.24) is 19.7 Å². The van der Waals surface area contributed by atoms with E-state index in [1.54, 1.807) is 22.2 Å². The molecule has 1 aliphatic heterocycles. The van der Waals surface area contributed by atoms with Crippen molar-refractivity contribution in [3.05, 3.63) is 40.2 Å². The van der Waals surface area contributed by atoms with Gasteiger partial charge in [0.05, 0.1) is 21.4 Å². The molecule has 0 aliphatic carbocycles. The number of halogens is 1. The molecule has 3 aromatic rings. The number of thiazole rings is 1. The topological polar surface area (TPSA) is 54.3 Å². The molecular weight excluding hydrogens is 370 g/mol. The highest BCUT2D eigenvalue weighted by atomic mass is 35.5. The van der Waals surface area contributed by atoms with Crippen LogP contribution in [0.3, 0.4) is 0 Å². The molecule has 0 spiro atoms. The van der Waals surface area contributed by atoms with Gasteiger partial charge in [0.2, 0.25) is 0 Å². The summed E-state index contributed by atoms with van der Waals surface area (Å²) in [5.74, 6) is 0.0466. The van der Waals surface area contributed by atoms with Crippen molar-refractivity contribution < 1.29 is 4.79 Å². The highest BCUT2D eigenvalue weighted by Crippen LogP contribution is 2.35. The van der Waals surface area contributed by atoms with Crippen LogP contribution in [-0.2, 0) is 7.05 Å². The number of hydrogen-bond acceptors (Lipinski definition) is 5. The summed E-state index contributed by atoms with van der Waals surface area (Å²) in [5.41, 5.74) is 3.69. The van der Waals surface area contributed by atoms with Crippen LogP contribution in [0.15, 0.2) is 18.3 Å². The van der Waals surface area contributed by atoms with Gasteiger partial charge in [-0.05, 0) is 31.0 Å². The second kappa shape index (κ2) is 6.55. The zero-order chi connectivity index (χ0) is 18.4. The van der Waals surface area contributed by atoms with Crippen LogP contribution in [-0.4, -0.2) is 51.8 Å². The Morgan fingerprint density at radius 1 is 1.15 bits per heavy atom. The molecule has 3 heterocycles. The molecule has 6 nitrogen and oxygen atoms in total. The summed E-state index contributed by atoms with van der Waals surface area (Å²) in [6.45, 7) is 6.84. The van der Waals surface area contributed by atoms with Crippen LogP contribution in [0.2, 0.25) is 5.02 Å². The fraction of sp³-hybridized carbons (Fsp3) is 0.389. The van der Waals surface area contributed by atoms with E-state index in [1.807, 2.05) is 31.0 Å². The zero-order valence-corrected chi connectivity index (χ0v) is 16.6. The van der Waals surface area contributed by atoms with E-state index in [0.29, 0.717) is 18.8 Å². The van der Waals surface area contributed by atoms with Gasteiger partial charge in [0.15, 0.2) is 5.13 Å². The Kier molecular flexibility index (Phi) is 4.36. The number of hydrogen-bond donors (Lipinski definition) is 0. The van der Waals surface area contributed by atoms with Gasteiger partial charge in [0.25, 0.3) is 5.91 Å². The van der Waals surface area contributed by atoms with Crippen molar-refractivity contribution in [2.45, 2.75) is 13.8 Å². The van der Waals surface area contributed by atoms with E-state index in [2.05, 4.69) is 16.9 Å². The molecule has 0 radical (unpaired) electrons. The first kappa shape index (κ1) is 17.3. The van der Waals surface area contributed by atoms with Gasteiger partial charge in [-0.3, -0.25) is 9.48 Å². The molecular formula is C18H20ClN5OS. The first-order chi connectivity index (χ1) is 12.5. The lowest BCUT2D eigenvalue weighted by atomic mass is 10.2. The van der Waals surface area contributed by atoms with E-state index in [0.717, 1.165) is 44.6 Å². The van der Waals surface area contributed by atoms with Gasteiger partial charge >= 0.3 is 0 Å². The minimum absolute atomic E-state index is 0.0466. The van der Waals surface area contributed by atoms with Crippen LogP contribution in [0.25, 0.3) is 10.2 Å². The number of aromatic nitrogens is 3. The minimum Gasteiger partial charge on any atom is -0.345 e. The molecule has 0 atom stereocenters. The summed E-state index contributed by atoms with van der Waals surface area (Å²) in [7, 11) is 1.81. The molecule has 0 unspecified atom stereocenters. The van der Waals surface area contributed by atoms with Crippen molar-refractivity contribution in [3.63, 3.8) is 0 Å². The predicted molar refractivity (Wildman–Crippen MR) is 105 cm³/mol. The van der Waals surface area contributed by atoms with E-state index < -0.39 is 0 Å². The number of carbonyl (C=O) groups is 1. The lowest BCUT2D eigenvalue weighted by Crippen LogP contribution is -2.49. The fourth-order valence-electron chi connectivity index (χ4n) is 3.33. The van der Waals surface area contributed by atoms with E-state index in [9.17, 15) is 4.79 Å². The van der Waals surface area contributed by atoms with E-state index in [1.165, 1.54) is 0 Å². The number of nitrogens with zero attached hydrogens (tertiary/aromatic N) is 5.